The van der Waals surface area contributed by atoms with Gasteiger partial charge >= 0.3 is 6.03 Å². The van der Waals surface area contributed by atoms with E-state index in [1.807, 2.05) is 29.6 Å². The van der Waals surface area contributed by atoms with E-state index in [0.29, 0.717) is 24.4 Å². The molecule has 130 valence electrons. The van der Waals surface area contributed by atoms with Crippen molar-refractivity contribution in [3.8, 4) is 0 Å². The van der Waals surface area contributed by atoms with E-state index in [1.54, 1.807) is 41.6 Å². The lowest BCUT2D eigenvalue weighted by Crippen LogP contribution is -2.38. The molecule has 0 aliphatic carbocycles. The van der Waals surface area contributed by atoms with Crippen LogP contribution in [0.3, 0.4) is 0 Å². The molecule has 0 atom stereocenters. The number of aryl methyl sites for hydroxylation is 1. The zero-order valence-electron chi connectivity index (χ0n) is 13.9. The number of thiophene rings is 1. The third kappa shape index (κ3) is 4.70. The van der Waals surface area contributed by atoms with Crippen LogP contribution in [0.4, 0.5) is 9.18 Å². The number of halogens is 1. The van der Waals surface area contributed by atoms with Gasteiger partial charge in [-0.15, -0.1) is 11.3 Å². The number of carbonyl (C=O) groups excluding carboxylic acids is 1. The third-order valence-corrected chi connectivity index (χ3v) is 4.68. The van der Waals surface area contributed by atoms with Crippen molar-refractivity contribution in [1.82, 2.24) is 10.2 Å². The quantitative estimate of drug-likeness (QED) is 0.694. The van der Waals surface area contributed by atoms with Gasteiger partial charge in [0.1, 0.15) is 11.6 Å². The maximum atomic E-state index is 13.6. The number of carbonyl (C=O) groups is 1. The predicted molar refractivity (Wildman–Crippen MR) is 95.6 cm³/mol. The molecule has 0 unspecified atom stereocenters. The number of benzene rings is 1. The molecular weight excluding hydrogens is 339 g/mol. The van der Waals surface area contributed by atoms with Gasteiger partial charge in [0.15, 0.2) is 0 Å². The van der Waals surface area contributed by atoms with E-state index in [1.165, 1.54) is 6.07 Å². The number of amides is 2. The number of nitrogens with one attached hydrogen (secondary N) is 1. The number of nitrogens with zero attached hydrogens (tertiary/aromatic N) is 1. The first-order valence-corrected chi connectivity index (χ1v) is 8.82. The molecule has 3 rings (SSSR count). The average Bonchev–Trinajstić information content (AvgIpc) is 3.29. The van der Waals surface area contributed by atoms with Crippen molar-refractivity contribution in [1.29, 1.82) is 0 Å². The minimum atomic E-state index is -0.266. The first-order valence-electron chi connectivity index (χ1n) is 7.94. The molecule has 0 bridgehead atoms. The van der Waals surface area contributed by atoms with Crippen molar-refractivity contribution in [3.05, 3.63) is 81.7 Å². The Morgan fingerprint density at radius 3 is 2.80 bits per heavy atom. The number of furan rings is 1. The van der Waals surface area contributed by atoms with Crippen LogP contribution >= 0.6 is 11.3 Å². The lowest BCUT2D eigenvalue weighted by Gasteiger charge is -2.21. The molecule has 0 spiro atoms. The minimum Gasteiger partial charge on any atom is -0.467 e. The summed E-state index contributed by atoms with van der Waals surface area (Å²) in [6, 6.07) is 12.3. The molecule has 3 aromatic rings. The van der Waals surface area contributed by atoms with E-state index in [9.17, 15) is 9.18 Å². The lowest BCUT2D eigenvalue weighted by molar-refractivity contribution is 0.187. The van der Waals surface area contributed by atoms with Crippen LogP contribution in [0.1, 0.15) is 21.8 Å². The molecule has 0 fully saturated rings. The summed E-state index contributed by atoms with van der Waals surface area (Å²) in [4.78, 5) is 15.4. The Hall–Kier alpha value is -2.60. The highest BCUT2D eigenvalue weighted by molar-refractivity contribution is 7.09. The Labute approximate surface area is 149 Å². The van der Waals surface area contributed by atoms with Crippen LogP contribution < -0.4 is 5.32 Å². The molecule has 0 saturated carbocycles. The largest absolute Gasteiger partial charge is 0.467 e. The molecule has 1 aromatic carbocycles. The van der Waals surface area contributed by atoms with Crippen molar-refractivity contribution in [3.63, 3.8) is 0 Å². The summed E-state index contributed by atoms with van der Waals surface area (Å²) in [5.74, 6) is 0.450. The fourth-order valence-corrected chi connectivity index (χ4v) is 3.14. The van der Waals surface area contributed by atoms with Gasteiger partial charge in [-0.25, -0.2) is 9.18 Å². The second-order valence-electron chi connectivity index (χ2n) is 5.76. The molecule has 0 aliphatic heterocycles. The van der Waals surface area contributed by atoms with E-state index >= 15 is 0 Å². The summed E-state index contributed by atoms with van der Waals surface area (Å²) in [5, 5.41) is 4.83. The molecule has 25 heavy (non-hydrogen) atoms. The van der Waals surface area contributed by atoms with E-state index < -0.39 is 0 Å². The zero-order valence-corrected chi connectivity index (χ0v) is 14.7. The first-order chi connectivity index (χ1) is 12.1. The van der Waals surface area contributed by atoms with Gasteiger partial charge < -0.3 is 14.6 Å². The number of rotatable bonds is 6. The SMILES string of the molecule is Cc1ccc(CNC(=O)N(Cc2ccco2)Cc2cccs2)cc1F. The molecule has 0 aliphatic rings. The highest BCUT2D eigenvalue weighted by Gasteiger charge is 2.16. The summed E-state index contributed by atoms with van der Waals surface area (Å²) in [6.45, 7) is 2.85. The van der Waals surface area contributed by atoms with Gasteiger partial charge in [0, 0.05) is 11.4 Å². The molecule has 2 heterocycles. The fraction of sp³-hybridized carbons (Fsp3) is 0.211. The van der Waals surface area contributed by atoms with Gasteiger partial charge in [-0.05, 0) is 47.7 Å². The van der Waals surface area contributed by atoms with Crippen LogP contribution in [0.2, 0.25) is 0 Å². The Morgan fingerprint density at radius 2 is 2.12 bits per heavy atom. The van der Waals surface area contributed by atoms with Crippen molar-refractivity contribution in [2.24, 2.45) is 0 Å². The van der Waals surface area contributed by atoms with Crippen molar-refractivity contribution < 1.29 is 13.6 Å². The first kappa shape index (κ1) is 17.2. The topological polar surface area (TPSA) is 45.5 Å². The number of urea groups is 1. The molecule has 4 nitrogen and oxygen atoms in total. The van der Waals surface area contributed by atoms with E-state index in [4.69, 9.17) is 4.42 Å². The smallest absolute Gasteiger partial charge is 0.318 e. The van der Waals surface area contributed by atoms with Gasteiger partial charge in [-0.2, -0.15) is 0 Å². The fourth-order valence-electron chi connectivity index (χ4n) is 2.42. The van der Waals surface area contributed by atoms with Gasteiger partial charge in [-0.1, -0.05) is 18.2 Å². The second kappa shape index (κ2) is 7.98. The van der Waals surface area contributed by atoms with E-state index in [0.717, 1.165) is 10.4 Å². The van der Waals surface area contributed by atoms with E-state index in [-0.39, 0.29) is 18.4 Å². The third-order valence-electron chi connectivity index (χ3n) is 3.82. The maximum Gasteiger partial charge on any atom is 0.318 e. The Morgan fingerprint density at radius 1 is 1.24 bits per heavy atom. The molecule has 0 saturated heterocycles. The van der Waals surface area contributed by atoms with Crippen LogP contribution in [0.25, 0.3) is 0 Å². The Kier molecular flexibility index (Phi) is 5.50. The van der Waals surface area contributed by atoms with Gasteiger partial charge in [0.25, 0.3) is 0 Å². The maximum absolute atomic E-state index is 13.6. The molecule has 2 aromatic heterocycles. The van der Waals surface area contributed by atoms with Crippen LogP contribution in [-0.2, 0) is 19.6 Å². The monoisotopic (exact) mass is 358 g/mol. The van der Waals surface area contributed by atoms with Gasteiger partial charge in [0.05, 0.1) is 19.4 Å². The molecule has 1 N–H and O–H groups in total. The van der Waals surface area contributed by atoms with Crippen molar-refractivity contribution >= 4 is 17.4 Å². The van der Waals surface area contributed by atoms with E-state index in [2.05, 4.69) is 5.32 Å². The Balaban J connectivity index is 1.66. The summed E-state index contributed by atoms with van der Waals surface area (Å²) in [5.41, 5.74) is 1.32. The van der Waals surface area contributed by atoms with Crippen molar-refractivity contribution in [2.75, 3.05) is 0 Å². The normalized spacial score (nSPS) is 10.6. The zero-order chi connectivity index (χ0) is 17.6. The van der Waals surface area contributed by atoms with Crippen LogP contribution in [-0.4, -0.2) is 10.9 Å². The highest BCUT2D eigenvalue weighted by Crippen LogP contribution is 2.15. The summed E-state index contributed by atoms with van der Waals surface area (Å²) in [7, 11) is 0. The van der Waals surface area contributed by atoms with Gasteiger partial charge in [0.2, 0.25) is 0 Å². The minimum absolute atomic E-state index is 0.217. The van der Waals surface area contributed by atoms with Crippen LogP contribution in [0, 0.1) is 12.7 Å². The Bertz CT molecular complexity index is 780. The summed E-state index contributed by atoms with van der Waals surface area (Å²) in [6.07, 6.45) is 1.59. The van der Waals surface area contributed by atoms with Gasteiger partial charge in [-0.3, -0.25) is 0 Å². The number of hydrogen-bond donors (Lipinski definition) is 1. The molecule has 0 radical (unpaired) electrons. The predicted octanol–water partition coefficient (Wildman–Crippen LogP) is 4.70. The average molecular weight is 358 g/mol. The number of hydrogen-bond acceptors (Lipinski definition) is 3. The van der Waals surface area contributed by atoms with Crippen LogP contribution in [0.15, 0.2) is 58.5 Å². The second-order valence-corrected chi connectivity index (χ2v) is 6.79. The lowest BCUT2D eigenvalue weighted by atomic mass is 10.1. The molecular formula is C19H19FN2O2S. The highest BCUT2D eigenvalue weighted by atomic mass is 32.1. The summed E-state index contributed by atoms with van der Waals surface area (Å²) < 4.78 is 19.0. The van der Waals surface area contributed by atoms with Crippen molar-refractivity contribution in [2.45, 2.75) is 26.6 Å². The molecule has 2 amide bonds. The standard InChI is InChI=1S/C19H19FN2O2S/c1-14-6-7-15(10-18(14)20)11-21-19(23)22(12-16-4-2-8-24-16)13-17-5-3-9-25-17/h2-10H,11-13H2,1H3,(H,21,23). The van der Waals surface area contributed by atoms with Crippen LogP contribution in [0.5, 0.6) is 0 Å². The summed E-state index contributed by atoms with van der Waals surface area (Å²) >= 11 is 1.60. The molecule has 6 heteroatoms.